The van der Waals surface area contributed by atoms with Crippen LogP contribution in [0.2, 0.25) is 0 Å². The third-order valence-electron chi connectivity index (χ3n) is 4.57. The molecule has 0 aliphatic carbocycles. The summed E-state index contributed by atoms with van der Waals surface area (Å²) in [6.45, 7) is 5.36. The van der Waals surface area contributed by atoms with Crippen LogP contribution in [0.3, 0.4) is 0 Å². The lowest BCUT2D eigenvalue weighted by Gasteiger charge is -2.10. The quantitative estimate of drug-likeness (QED) is 0.588. The minimum absolute atomic E-state index is 0.0199. The Hall–Kier alpha value is -1.87. The van der Waals surface area contributed by atoms with E-state index in [1.165, 1.54) is 16.3 Å². The van der Waals surface area contributed by atoms with Gasteiger partial charge in [-0.3, -0.25) is 4.79 Å². The summed E-state index contributed by atoms with van der Waals surface area (Å²) in [5.41, 5.74) is 1.17. The van der Waals surface area contributed by atoms with Gasteiger partial charge in [-0.2, -0.15) is 0 Å². The van der Waals surface area contributed by atoms with Crippen LogP contribution in [0.15, 0.2) is 42.5 Å². The van der Waals surface area contributed by atoms with Gasteiger partial charge in [0.1, 0.15) is 6.10 Å². The molecule has 0 aromatic heterocycles. The van der Waals surface area contributed by atoms with Gasteiger partial charge in [0.25, 0.3) is 0 Å². The fourth-order valence-electron chi connectivity index (χ4n) is 3.13. The van der Waals surface area contributed by atoms with E-state index in [1.807, 2.05) is 12.1 Å². The fraction of sp³-hybridized carbons (Fsp3) is 0.450. The lowest BCUT2D eigenvalue weighted by Crippen LogP contribution is -2.13. The average Bonchev–Trinajstić information content (AvgIpc) is 2.92. The first-order valence-corrected chi connectivity index (χ1v) is 8.39. The van der Waals surface area contributed by atoms with E-state index in [0.717, 1.165) is 12.8 Å². The molecule has 0 amide bonds. The normalized spacial score (nSPS) is 21.1. The molecule has 23 heavy (non-hydrogen) atoms. The number of esters is 1. The van der Waals surface area contributed by atoms with Crippen LogP contribution in [0.25, 0.3) is 10.8 Å². The van der Waals surface area contributed by atoms with E-state index < -0.39 is 0 Å². The molecule has 0 N–H and O–H groups in total. The Morgan fingerprint density at radius 2 is 1.96 bits per heavy atom. The highest BCUT2D eigenvalue weighted by atomic mass is 16.6. The van der Waals surface area contributed by atoms with Crippen LogP contribution in [-0.2, 0) is 20.9 Å². The van der Waals surface area contributed by atoms with Crippen molar-refractivity contribution in [2.24, 2.45) is 11.8 Å². The lowest BCUT2D eigenvalue weighted by atomic mass is 9.92. The van der Waals surface area contributed by atoms with Crippen LogP contribution in [0, 0.1) is 11.8 Å². The number of hydrogen-bond acceptors (Lipinski definition) is 3. The van der Waals surface area contributed by atoms with Gasteiger partial charge < -0.3 is 9.47 Å². The third kappa shape index (κ3) is 3.91. The van der Waals surface area contributed by atoms with E-state index in [1.54, 1.807) is 0 Å². The van der Waals surface area contributed by atoms with Crippen molar-refractivity contribution in [2.45, 2.75) is 39.4 Å². The van der Waals surface area contributed by atoms with Crippen molar-refractivity contribution in [3.8, 4) is 0 Å². The molecular formula is C20H24O3. The largest absolute Gasteiger partial charge is 0.462 e. The molecule has 122 valence electrons. The van der Waals surface area contributed by atoms with Gasteiger partial charge in [-0.1, -0.05) is 50.2 Å². The standard InChI is InChI=1S/C20H24O3/c1-14(2)19-12-18(23-20(19)21)9-10-22-13-15-7-8-16-5-3-4-6-17(16)11-15/h3-8,11,14,18-19H,9-10,12-13H2,1-2H3/t18?,19-/m0/s1. The van der Waals surface area contributed by atoms with Gasteiger partial charge in [0.15, 0.2) is 0 Å². The van der Waals surface area contributed by atoms with Crippen molar-refractivity contribution in [1.82, 2.24) is 0 Å². The smallest absolute Gasteiger partial charge is 0.309 e. The number of cyclic esters (lactones) is 1. The number of rotatable bonds is 6. The zero-order valence-electron chi connectivity index (χ0n) is 13.8. The highest BCUT2D eigenvalue weighted by molar-refractivity contribution is 5.82. The van der Waals surface area contributed by atoms with Crippen LogP contribution < -0.4 is 0 Å². The highest BCUT2D eigenvalue weighted by Gasteiger charge is 2.35. The van der Waals surface area contributed by atoms with Gasteiger partial charge >= 0.3 is 5.97 Å². The molecule has 2 aromatic rings. The maximum Gasteiger partial charge on any atom is 0.309 e. The SMILES string of the molecule is CC(C)[C@@H]1CC(CCOCc2ccc3ccccc3c2)OC1=O. The van der Waals surface area contributed by atoms with Crippen LogP contribution in [0.4, 0.5) is 0 Å². The molecule has 0 spiro atoms. The molecule has 1 fully saturated rings. The zero-order chi connectivity index (χ0) is 16.2. The molecule has 3 heteroatoms. The van der Waals surface area contributed by atoms with Gasteiger partial charge in [0.2, 0.25) is 0 Å². The zero-order valence-corrected chi connectivity index (χ0v) is 13.8. The van der Waals surface area contributed by atoms with Crippen molar-refractivity contribution in [3.05, 3.63) is 48.0 Å². The summed E-state index contributed by atoms with van der Waals surface area (Å²) in [7, 11) is 0. The monoisotopic (exact) mass is 312 g/mol. The Morgan fingerprint density at radius 3 is 2.70 bits per heavy atom. The first-order chi connectivity index (χ1) is 11.1. The predicted molar refractivity (Wildman–Crippen MR) is 91.0 cm³/mol. The Bertz CT molecular complexity index is 677. The summed E-state index contributed by atoms with van der Waals surface area (Å²) in [5, 5.41) is 2.48. The second-order valence-electron chi connectivity index (χ2n) is 6.67. The van der Waals surface area contributed by atoms with Crippen molar-refractivity contribution < 1.29 is 14.3 Å². The summed E-state index contributed by atoms with van der Waals surface area (Å²) in [6.07, 6.45) is 1.63. The lowest BCUT2D eigenvalue weighted by molar-refractivity contribution is -0.145. The Kier molecular flexibility index (Phi) is 4.97. The maximum atomic E-state index is 11.7. The molecule has 1 saturated heterocycles. The Labute approximate surface area is 137 Å². The summed E-state index contributed by atoms with van der Waals surface area (Å²) in [6, 6.07) is 14.7. The molecule has 1 heterocycles. The van der Waals surface area contributed by atoms with E-state index in [2.05, 4.69) is 44.2 Å². The number of carbonyl (C=O) groups is 1. The molecular weight excluding hydrogens is 288 g/mol. The molecule has 1 aliphatic rings. The van der Waals surface area contributed by atoms with Crippen molar-refractivity contribution in [3.63, 3.8) is 0 Å². The molecule has 2 atom stereocenters. The van der Waals surface area contributed by atoms with Gasteiger partial charge in [-0.05, 0) is 34.7 Å². The van der Waals surface area contributed by atoms with Crippen LogP contribution >= 0.6 is 0 Å². The number of fused-ring (bicyclic) bond motifs is 1. The highest BCUT2D eigenvalue weighted by Crippen LogP contribution is 2.29. The van der Waals surface area contributed by atoms with Gasteiger partial charge in [-0.25, -0.2) is 0 Å². The van der Waals surface area contributed by atoms with Gasteiger partial charge in [0.05, 0.1) is 19.1 Å². The molecule has 0 saturated carbocycles. The number of ether oxygens (including phenoxy) is 2. The van der Waals surface area contributed by atoms with E-state index in [0.29, 0.717) is 19.1 Å². The maximum absolute atomic E-state index is 11.7. The average molecular weight is 312 g/mol. The predicted octanol–water partition coefficient (Wildman–Crippen LogP) is 4.33. The minimum atomic E-state index is -0.0421. The molecule has 3 nitrogen and oxygen atoms in total. The summed E-state index contributed by atoms with van der Waals surface area (Å²) in [4.78, 5) is 11.7. The van der Waals surface area contributed by atoms with Crippen molar-refractivity contribution >= 4 is 16.7 Å². The van der Waals surface area contributed by atoms with E-state index in [-0.39, 0.29) is 18.0 Å². The number of hydrogen-bond donors (Lipinski definition) is 0. The first-order valence-electron chi connectivity index (χ1n) is 8.39. The molecule has 0 bridgehead atoms. The first kappa shape index (κ1) is 16.0. The topological polar surface area (TPSA) is 35.5 Å². The third-order valence-corrected chi connectivity index (χ3v) is 4.57. The molecule has 3 rings (SSSR count). The van der Waals surface area contributed by atoms with E-state index in [9.17, 15) is 4.79 Å². The second-order valence-corrected chi connectivity index (χ2v) is 6.67. The fourth-order valence-corrected chi connectivity index (χ4v) is 3.13. The molecule has 1 unspecified atom stereocenters. The van der Waals surface area contributed by atoms with Gasteiger partial charge in [0, 0.05) is 6.42 Å². The number of benzene rings is 2. The summed E-state index contributed by atoms with van der Waals surface area (Å²) < 4.78 is 11.2. The molecule has 2 aromatic carbocycles. The van der Waals surface area contributed by atoms with E-state index >= 15 is 0 Å². The Morgan fingerprint density at radius 1 is 1.17 bits per heavy atom. The molecule has 0 radical (unpaired) electrons. The van der Waals surface area contributed by atoms with Crippen molar-refractivity contribution in [1.29, 1.82) is 0 Å². The molecule has 1 aliphatic heterocycles. The van der Waals surface area contributed by atoms with Crippen LogP contribution in [0.5, 0.6) is 0 Å². The van der Waals surface area contributed by atoms with E-state index in [4.69, 9.17) is 9.47 Å². The van der Waals surface area contributed by atoms with Gasteiger partial charge in [-0.15, -0.1) is 0 Å². The van der Waals surface area contributed by atoms with Crippen molar-refractivity contribution in [2.75, 3.05) is 6.61 Å². The second kappa shape index (κ2) is 7.14. The minimum Gasteiger partial charge on any atom is -0.462 e. The Balaban J connectivity index is 1.45. The number of carbonyl (C=O) groups excluding carboxylic acids is 1. The van der Waals surface area contributed by atoms with Crippen LogP contribution in [0.1, 0.15) is 32.3 Å². The summed E-state index contributed by atoms with van der Waals surface area (Å²) in [5.74, 6) is 0.367. The van der Waals surface area contributed by atoms with Crippen LogP contribution in [-0.4, -0.2) is 18.7 Å². The summed E-state index contributed by atoms with van der Waals surface area (Å²) >= 11 is 0.